The molecule has 2 N–H and O–H groups in total. The van der Waals surface area contributed by atoms with Crippen LogP contribution in [0.3, 0.4) is 0 Å². The van der Waals surface area contributed by atoms with Crippen LogP contribution in [0.4, 0.5) is 0 Å². The van der Waals surface area contributed by atoms with Gasteiger partial charge in [-0.2, -0.15) is 4.98 Å². The smallest absolute Gasteiger partial charge is 0.497 e. The molecule has 0 aliphatic heterocycles. The second kappa shape index (κ2) is 4.94. The van der Waals surface area contributed by atoms with Crippen LogP contribution in [-0.4, -0.2) is 34.9 Å². The Kier molecular flexibility index (Phi) is 3.87. The van der Waals surface area contributed by atoms with Crippen molar-refractivity contribution in [2.75, 3.05) is 6.61 Å². The Balaban J connectivity index is 2.63. The normalized spacial score (nSPS) is 9.64. The molecule has 0 saturated heterocycles. The molecule has 0 radical (unpaired) electrons. The quantitative estimate of drug-likeness (QED) is 0.530. The van der Waals surface area contributed by atoms with Crippen molar-refractivity contribution in [3.63, 3.8) is 0 Å². The highest BCUT2D eigenvalue weighted by Crippen LogP contribution is 2.17. The number of carbonyl (C=O) groups is 1. The van der Waals surface area contributed by atoms with Crippen LogP contribution in [0.15, 0.2) is 5.38 Å². The Morgan fingerprint density at radius 2 is 2.43 bits per heavy atom. The fraction of sp³-hybridized carbons (Fsp3) is 0.333. The Morgan fingerprint density at radius 1 is 1.71 bits per heavy atom. The average Bonchev–Trinajstić information content (AvgIpc) is 2.52. The summed E-state index contributed by atoms with van der Waals surface area (Å²) in [6, 6.07) is 0. The summed E-state index contributed by atoms with van der Waals surface area (Å²) in [5.41, 5.74) is 0. The van der Waals surface area contributed by atoms with Crippen LogP contribution < -0.4 is 4.65 Å². The minimum atomic E-state index is -1.94. The van der Waals surface area contributed by atoms with E-state index in [0.29, 0.717) is 0 Å². The molecular weight excluding hydrogens is 209 g/mol. The van der Waals surface area contributed by atoms with Crippen LogP contribution in [0.2, 0.25) is 0 Å². The van der Waals surface area contributed by atoms with Crippen molar-refractivity contribution in [1.82, 2.24) is 4.98 Å². The second-order valence-electron chi connectivity index (χ2n) is 2.16. The summed E-state index contributed by atoms with van der Waals surface area (Å²) in [6.07, 6.45) is 0. The maximum Gasteiger partial charge on any atom is 0.708 e. The van der Waals surface area contributed by atoms with E-state index in [1.54, 1.807) is 6.92 Å². The van der Waals surface area contributed by atoms with Gasteiger partial charge in [0.1, 0.15) is 0 Å². The summed E-state index contributed by atoms with van der Waals surface area (Å²) >= 11 is 1.01. The van der Waals surface area contributed by atoms with E-state index in [1.807, 2.05) is 0 Å². The average molecular weight is 217 g/mol. The van der Waals surface area contributed by atoms with Crippen molar-refractivity contribution in [1.29, 1.82) is 0 Å². The number of esters is 1. The third kappa shape index (κ3) is 2.98. The highest BCUT2D eigenvalue weighted by Gasteiger charge is 2.17. The van der Waals surface area contributed by atoms with Gasteiger partial charge in [0, 0.05) is 0 Å². The first-order valence-corrected chi connectivity index (χ1v) is 4.67. The molecule has 0 atom stereocenters. The van der Waals surface area contributed by atoms with E-state index < -0.39 is 13.3 Å². The number of thiazole rings is 1. The molecule has 0 spiro atoms. The topological polar surface area (TPSA) is 88.9 Å². The fourth-order valence-corrected chi connectivity index (χ4v) is 1.33. The number of ether oxygens (including phenoxy) is 1. The Bertz CT molecular complexity index is 315. The third-order valence-corrected chi connectivity index (χ3v) is 1.96. The van der Waals surface area contributed by atoms with Gasteiger partial charge in [0.15, 0.2) is 0 Å². The van der Waals surface area contributed by atoms with E-state index in [1.165, 1.54) is 5.38 Å². The van der Waals surface area contributed by atoms with E-state index in [4.69, 9.17) is 10.0 Å². The van der Waals surface area contributed by atoms with Crippen molar-refractivity contribution in [3.8, 4) is 5.88 Å². The first-order chi connectivity index (χ1) is 6.63. The van der Waals surface area contributed by atoms with Crippen molar-refractivity contribution in [2.24, 2.45) is 0 Å². The van der Waals surface area contributed by atoms with E-state index in [0.717, 1.165) is 11.3 Å². The van der Waals surface area contributed by atoms with Crippen molar-refractivity contribution in [3.05, 3.63) is 10.4 Å². The molecule has 1 heterocycles. The molecule has 76 valence electrons. The molecule has 0 amide bonds. The highest BCUT2D eigenvalue weighted by atomic mass is 32.1. The zero-order valence-corrected chi connectivity index (χ0v) is 8.15. The van der Waals surface area contributed by atoms with Crippen LogP contribution in [0.25, 0.3) is 0 Å². The molecule has 14 heavy (non-hydrogen) atoms. The molecule has 6 nitrogen and oxygen atoms in total. The van der Waals surface area contributed by atoms with Crippen molar-refractivity contribution >= 4 is 24.6 Å². The summed E-state index contributed by atoms with van der Waals surface area (Å²) in [7, 11) is -1.94. The van der Waals surface area contributed by atoms with Crippen LogP contribution in [-0.2, 0) is 4.74 Å². The molecule has 0 fully saturated rings. The molecule has 1 aromatic rings. The summed E-state index contributed by atoms with van der Waals surface area (Å²) in [5, 5.41) is 18.4. The molecule has 0 bridgehead atoms. The molecule has 0 aliphatic rings. The van der Waals surface area contributed by atoms with Gasteiger partial charge >= 0.3 is 13.3 Å². The first-order valence-electron chi connectivity index (χ1n) is 3.79. The predicted octanol–water partition coefficient (Wildman–Crippen LogP) is -0.332. The second-order valence-corrected chi connectivity index (χ2v) is 3.01. The minimum Gasteiger partial charge on any atom is -0.497 e. The Labute approximate surface area is 84.3 Å². The Morgan fingerprint density at radius 3 is 3.00 bits per heavy atom. The number of nitrogens with zero attached hydrogens (tertiary/aromatic N) is 1. The molecule has 0 aromatic carbocycles. The molecular formula is C6H8BNO5S. The van der Waals surface area contributed by atoms with Gasteiger partial charge in [-0.25, -0.2) is 4.79 Å². The van der Waals surface area contributed by atoms with Crippen molar-refractivity contribution in [2.45, 2.75) is 6.92 Å². The van der Waals surface area contributed by atoms with Crippen LogP contribution in [0.1, 0.15) is 16.7 Å². The zero-order valence-electron chi connectivity index (χ0n) is 7.34. The fourth-order valence-electron chi connectivity index (χ4n) is 0.708. The Hall–Kier alpha value is -1.12. The van der Waals surface area contributed by atoms with Gasteiger partial charge in [0.25, 0.3) is 0 Å². The molecule has 0 unspecified atom stereocenters. The number of hydrogen-bond acceptors (Lipinski definition) is 7. The van der Waals surface area contributed by atoms with E-state index in [-0.39, 0.29) is 17.5 Å². The van der Waals surface area contributed by atoms with Crippen molar-refractivity contribution < 1.29 is 24.2 Å². The van der Waals surface area contributed by atoms with E-state index in [9.17, 15) is 4.79 Å². The lowest BCUT2D eigenvalue weighted by Crippen LogP contribution is -2.20. The van der Waals surface area contributed by atoms with Crippen LogP contribution >= 0.6 is 11.3 Å². The monoisotopic (exact) mass is 217 g/mol. The first kappa shape index (κ1) is 11.0. The maximum absolute atomic E-state index is 11.1. The number of aromatic nitrogens is 1. The van der Waals surface area contributed by atoms with Gasteiger partial charge in [0.2, 0.25) is 10.9 Å². The standard InChI is InChI=1S/C6H8BNO5S/c1-2-12-6(9)5-8-4(3-14-5)13-7(10)11/h3,10-11H,2H2,1H3. The summed E-state index contributed by atoms with van der Waals surface area (Å²) in [6.45, 7) is 1.94. The van der Waals surface area contributed by atoms with Gasteiger partial charge in [-0.3, -0.25) is 0 Å². The maximum atomic E-state index is 11.1. The summed E-state index contributed by atoms with van der Waals surface area (Å²) < 4.78 is 9.10. The number of carbonyl (C=O) groups excluding carboxylic acids is 1. The molecule has 0 aliphatic carbocycles. The van der Waals surface area contributed by atoms with Gasteiger partial charge in [-0.15, -0.1) is 11.3 Å². The number of hydrogen-bond donors (Lipinski definition) is 2. The lowest BCUT2D eigenvalue weighted by molar-refractivity contribution is 0.0525. The lowest BCUT2D eigenvalue weighted by atomic mass is 10.3. The molecule has 1 rings (SSSR count). The van der Waals surface area contributed by atoms with Gasteiger partial charge < -0.3 is 19.4 Å². The summed E-state index contributed by atoms with van der Waals surface area (Å²) in [5.74, 6) is -0.576. The van der Waals surface area contributed by atoms with Crippen LogP contribution in [0, 0.1) is 0 Å². The molecule has 8 heteroatoms. The number of rotatable bonds is 4. The third-order valence-electron chi connectivity index (χ3n) is 1.16. The summed E-state index contributed by atoms with van der Waals surface area (Å²) in [4.78, 5) is 14.8. The zero-order chi connectivity index (χ0) is 10.6. The van der Waals surface area contributed by atoms with Crippen LogP contribution in [0.5, 0.6) is 5.88 Å². The van der Waals surface area contributed by atoms with Gasteiger partial charge in [-0.1, -0.05) is 0 Å². The van der Waals surface area contributed by atoms with E-state index in [2.05, 4.69) is 14.4 Å². The molecule has 1 aromatic heterocycles. The molecule has 0 saturated carbocycles. The largest absolute Gasteiger partial charge is 0.708 e. The van der Waals surface area contributed by atoms with Gasteiger partial charge in [-0.05, 0) is 6.92 Å². The SMILES string of the molecule is CCOC(=O)c1nc(OB(O)O)cs1. The lowest BCUT2D eigenvalue weighted by Gasteiger charge is -1.98. The van der Waals surface area contributed by atoms with E-state index >= 15 is 0 Å². The highest BCUT2D eigenvalue weighted by molar-refractivity contribution is 7.11. The van der Waals surface area contributed by atoms with Gasteiger partial charge in [0.05, 0.1) is 12.0 Å². The minimum absolute atomic E-state index is 0.0203. The predicted molar refractivity (Wildman–Crippen MR) is 48.9 cm³/mol.